The molecule has 13 nitrogen and oxygen atoms in total. The summed E-state index contributed by atoms with van der Waals surface area (Å²) in [5.74, 6) is -4.21. The Morgan fingerprint density at radius 2 is 1.47 bits per heavy atom. The third kappa shape index (κ3) is 11.4. The van der Waals surface area contributed by atoms with Crippen LogP contribution in [0.5, 0.6) is 5.75 Å². The van der Waals surface area contributed by atoms with Gasteiger partial charge in [-0.05, 0) is 48.9 Å². The van der Waals surface area contributed by atoms with Gasteiger partial charge in [-0.25, -0.2) is 4.79 Å². The molecule has 0 heterocycles. The minimum atomic E-state index is -1.82. The number of amides is 4. The molecule has 0 bridgehead atoms. The molecule has 13 heteroatoms. The van der Waals surface area contributed by atoms with E-state index in [9.17, 15) is 39.3 Å². The molecule has 234 valence electrons. The van der Waals surface area contributed by atoms with Gasteiger partial charge in [0.15, 0.2) is 0 Å². The van der Waals surface area contributed by atoms with Crippen molar-refractivity contribution < 1.29 is 39.3 Å². The van der Waals surface area contributed by atoms with Gasteiger partial charge >= 0.3 is 5.97 Å². The quantitative estimate of drug-likeness (QED) is 0.125. The van der Waals surface area contributed by atoms with E-state index >= 15 is 0 Å². The fraction of sp³-hybridized carbons (Fsp3) is 0.433. The number of carbonyl (C=O) groups is 5. The van der Waals surface area contributed by atoms with Crippen LogP contribution in [0.2, 0.25) is 0 Å². The van der Waals surface area contributed by atoms with Crippen molar-refractivity contribution in [3.05, 3.63) is 65.7 Å². The molecule has 0 aromatic heterocycles. The summed E-state index contributed by atoms with van der Waals surface area (Å²) in [4.78, 5) is 63.2. The van der Waals surface area contributed by atoms with Gasteiger partial charge in [0.2, 0.25) is 23.6 Å². The molecule has 0 spiro atoms. The number of benzene rings is 2. The molecular weight excluding hydrogens is 558 g/mol. The lowest BCUT2D eigenvalue weighted by Crippen LogP contribution is -2.63. The molecule has 43 heavy (non-hydrogen) atoms. The van der Waals surface area contributed by atoms with Gasteiger partial charge in [0.1, 0.15) is 23.4 Å². The maximum Gasteiger partial charge on any atom is 0.326 e. The highest BCUT2D eigenvalue weighted by molar-refractivity contribution is 5.96. The zero-order chi connectivity index (χ0) is 32.2. The normalized spacial score (nSPS) is 14.5. The van der Waals surface area contributed by atoms with Crippen LogP contribution in [0.1, 0.15) is 38.3 Å². The zero-order valence-electron chi connectivity index (χ0n) is 24.5. The molecule has 0 fully saturated rings. The fourth-order valence-electron chi connectivity index (χ4n) is 4.14. The van der Waals surface area contributed by atoms with E-state index in [4.69, 9.17) is 5.73 Å². The van der Waals surface area contributed by atoms with E-state index in [1.165, 1.54) is 19.1 Å². The van der Waals surface area contributed by atoms with Gasteiger partial charge in [-0.1, -0.05) is 56.3 Å². The number of phenolic OH excluding ortho intramolecular Hbond substituents is 1. The third-order valence-corrected chi connectivity index (χ3v) is 6.61. The van der Waals surface area contributed by atoms with Gasteiger partial charge in [0.25, 0.3) is 0 Å². The predicted octanol–water partition coefficient (Wildman–Crippen LogP) is -0.412. The van der Waals surface area contributed by atoms with E-state index in [0.717, 1.165) is 0 Å². The van der Waals surface area contributed by atoms with E-state index in [1.54, 1.807) is 42.5 Å². The van der Waals surface area contributed by atoms with Crippen molar-refractivity contribution in [2.75, 3.05) is 13.2 Å². The van der Waals surface area contributed by atoms with Crippen LogP contribution >= 0.6 is 0 Å². The third-order valence-electron chi connectivity index (χ3n) is 6.61. The molecule has 2 rings (SSSR count). The van der Waals surface area contributed by atoms with E-state index in [-0.39, 0.29) is 30.9 Å². The first-order chi connectivity index (χ1) is 20.2. The van der Waals surface area contributed by atoms with Crippen LogP contribution in [0.15, 0.2) is 54.6 Å². The number of nitrogens with two attached hydrogens (primary N) is 1. The summed E-state index contributed by atoms with van der Waals surface area (Å²) in [5.41, 5.74) is 5.52. The number of nitrogens with one attached hydrogen (secondary N) is 4. The second-order valence-electron chi connectivity index (χ2n) is 11.0. The van der Waals surface area contributed by atoms with Crippen LogP contribution in [-0.2, 0) is 36.8 Å². The maximum absolute atomic E-state index is 13.1. The van der Waals surface area contributed by atoms with Crippen molar-refractivity contribution in [2.45, 2.75) is 63.7 Å². The Kier molecular flexibility index (Phi) is 13.1. The van der Waals surface area contributed by atoms with Crippen LogP contribution in [0, 0.1) is 5.92 Å². The van der Waals surface area contributed by atoms with Gasteiger partial charge in [0.05, 0.1) is 19.2 Å². The van der Waals surface area contributed by atoms with Crippen LogP contribution < -0.4 is 27.0 Å². The second kappa shape index (κ2) is 16.2. The topological polar surface area (TPSA) is 220 Å². The first-order valence-electron chi connectivity index (χ1n) is 13.8. The Hall–Kier alpha value is -4.49. The summed E-state index contributed by atoms with van der Waals surface area (Å²) in [5, 5.41) is 38.6. The Morgan fingerprint density at radius 1 is 0.860 bits per heavy atom. The number of aliphatic carboxylic acids is 1. The monoisotopic (exact) mass is 599 g/mol. The summed E-state index contributed by atoms with van der Waals surface area (Å²) >= 11 is 0. The standard InChI is InChI=1S/C30H41N5O8/c1-18(2)13-24(28(41)42)34-27(40)23(15-19-7-5-4-6-8-19)33-25(38)16-32-29(43)30(3,17-36)35-26(39)22(31)14-20-9-11-21(37)12-10-20/h4-12,18,22-24,36-37H,13-17,31H2,1-3H3,(H,32,43)(H,33,38)(H,34,40)(H,35,39)(H,41,42)/t22-,23-,24-,30-/m0/s1. The average Bonchev–Trinajstić information content (AvgIpc) is 2.96. The van der Waals surface area contributed by atoms with Crippen molar-refractivity contribution >= 4 is 29.6 Å². The minimum Gasteiger partial charge on any atom is -0.508 e. The molecule has 0 saturated heterocycles. The zero-order valence-corrected chi connectivity index (χ0v) is 24.5. The van der Waals surface area contributed by atoms with Gasteiger partial charge in [-0.15, -0.1) is 0 Å². The number of carbonyl (C=O) groups excluding carboxylic acids is 4. The number of aliphatic hydroxyl groups is 1. The smallest absolute Gasteiger partial charge is 0.326 e. The number of aliphatic hydroxyl groups excluding tert-OH is 1. The van der Waals surface area contributed by atoms with E-state index in [1.807, 2.05) is 13.8 Å². The van der Waals surface area contributed by atoms with Gasteiger partial charge < -0.3 is 42.3 Å². The number of carboxylic acids is 1. The number of hydrogen-bond acceptors (Lipinski definition) is 8. The molecule has 2 aromatic rings. The van der Waals surface area contributed by atoms with Gasteiger partial charge in [-0.2, -0.15) is 0 Å². The molecule has 9 N–H and O–H groups in total. The predicted molar refractivity (Wildman–Crippen MR) is 158 cm³/mol. The minimum absolute atomic E-state index is 0.0116. The molecule has 0 unspecified atom stereocenters. The van der Waals surface area contributed by atoms with Crippen molar-refractivity contribution in [1.29, 1.82) is 0 Å². The van der Waals surface area contributed by atoms with Crippen molar-refractivity contribution in [3.63, 3.8) is 0 Å². The van der Waals surface area contributed by atoms with Gasteiger partial charge in [-0.3, -0.25) is 19.2 Å². The van der Waals surface area contributed by atoms with Crippen LogP contribution in [-0.4, -0.2) is 81.7 Å². The first-order valence-corrected chi connectivity index (χ1v) is 13.8. The summed E-state index contributed by atoms with van der Waals surface area (Å²) in [7, 11) is 0. The molecule has 4 atom stereocenters. The number of rotatable bonds is 16. The Balaban J connectivity index is 2.04. The second-order valence-corrected chi connectivity index (χ2v) is 11.0. The molecule has 0 saturated carbocycles. The fourth-order valence-corrected chi connectivity index (χ4v) is 4.14. The van der Waals surface area contributed by atoms with E-state index < -0.39 is 66.4 Å². The molecule has 2 aromatic carbocycles. The Morgan fingerprint density at radius 3 is 2.02 bits per heavy atom. The Labute approximate surface area is 250 Å². The molecule has 4 amide bonds. The molecular formula is C30H41N5O8. The summed E-state index contributed by atoms with van der Waals surface area (Å²) < 4.78 is 0. The lowest BCUT2D eigenvalue weighted by molar-refractivity contribution is -0.142. The van der Waals surface area contributed by atoms with Crippen LogP contribution in [0.25, 0.3) is 0 Å². The SMILES string of the molecule is CC(C)C[C@H](NC(=O)[C@H](Cc1ccccc1)NC(=O)CNC(=O)[C@](C)(CO)NC(=O)[C@@H](N)Cc1ccc(O)cc1)C(=O)O. The molecule has 0 aliphatic carbocycles. The van der Waals surface area contributed by atoms with E-state index in [2.05, 4.69) is 21.3 Å². The van der Waals surface area contributed by atoms with Crippen LogP contribution in [0.4, 0.5) is 0 Å². The van der Waals surface area contributed by atoms with E-state index in [0.29, 0.717) is 11.1 Å². The number of aromatic hydroxyl groups is 1. The van der Waals surface area contributed by atoms with Gasteiger partial charge in [0, 0.05) is 6.42 Å². The number of carboxylic acid groups (broad SMARTS) is 1. The molecule has 0 aliphatic rings. The van der Waals surface area contributed by atoms with Crippen LogP contribution in [0.3, 0.4) is 0 Å². The highest BCUT2D eigenvalue weighted by atomic mass is 16.4. The largest absolute Gasteiger partial charge is 0.508 e. The molecule has 0 aliphatic heterocycles. The maximum atomic E-state index is 13.1. The first kappa shape index (κ1) is 34.7. The summed E-state index contributed by atoms with van der Waals surface area (Å²) in [6.07, 6.45) is 0.347. The molecule has 0 radical (unpaired) electrons. The summed E-state index contributed by atoms with van der Waals surface area (Å²) in [6.45, 7) is 3.50. The summed E-state index contributed by atoms with van der Waals surface area (Å²) in [6, 6.07) is 11.5. The number of phenols is 1. The van der Waals surface area contributed by atoms with Crippen molar-refractivity contribution in [3.8, 4) is 5.75 Å². The Bertz CT molecular complexity index is 1250. The average molecular weight is 600 g/mol. The van der Waals surface area contributed by atoms with Crippen molar-refractivity contribution in [2.24, 2.45) is 11.7 Å². The highest BCUT2D eigenvalue weighted by Crippen LogP contribution is 2.12. The highest BCUT2D eigenvalue weighted by Gasteiger charge is 2.36. The van der Waals surface area contributed by atoms with Crippen molar-refractivity contribution in [1.82, 2.24) is 21.3 Å². The lowest BCUT2D eigenvalue weighted by atomic mass is 10.00. The lowest BCUT2D eigenvalue weighted by Gasteiger charge is -2.29. The number of hydrogen-bond donors (Lipinski definition) is 8.